The van der Waals surface area contributed by atoms with E-state index >= 15 is 0 Å². The molecule has 1 N–H and O–H groups in total. The third-order valence-electron chi connectivity index (χ3n) is 2.79. The van der Waals surface area contributed by atoms with Gasteiger partial charge in [-0.25, -0.2) is 9.97 Å². The first-order valence-electron chi connectivity index (χ1n) is 6.05. The second-order valence-corrected chi connectivity index (χ2v) is 5.92. The summed E-state index contributed by atoms with van der Waals surface area (Å²) in [5.74, 6) is 1.49. The van der Waals surface area contributed by atoms with Crippen LogP contribution in [-0.4, -0.2) is 24.1 Å². The Kier molecular flexibility index (Phi) is 3.75. The van der Waals surface area contributed by atoms with E-state index in [2.05, 4.69) is 21.4 Å². The van der Waals surface area contributed by atoms with Crippen LogP contribution in [0.1, 0.15) is 0 Å². The highest BCUT2D eigenvalue weighted by molar-refractivity contribution is 7.99. The molecule has 3 aromatic rings. The molecule has 0 aliphatic carbocycles. The number of hydrogen-bond acceptors (Lipinski definition) is 6. The first-order chi connectivity index (χ1) is 9.81. The molecule has 0 unspecified atom stereocenters. The monoisotopic (exact) mass is 303 g/mol. The van der Waals surface area contributed by atoms with Gasteiger partial charge in [0.2, 0.25) is 5.95 Å². The number of nitrogens with zero attached hydrogens (tertiary/aromatic N) is 2. The zero-order valence-corrected chi connectivity index (χ0v) is 12.7. The lowest BCUT2D eigenvalue weighted by molar-refractivity contribution is 0.405. The van der Waals surface area contributed by atoms with E-state index in [0.717, 1.165) is 25.9 Å². The smallest absolute Gasteiger partial charge is 0.224 e. The average molecular weight is 303 g/mol. The van der Waals surface area contributed by atoms with Crippen LogP contribution in [0.15, 0.2) is 45.6 Å². The van der Waals surface area contributed by atoms with E-state index in [1.165, 1.54) is 0 Å². The van der Waals surface area contributed by atoms with E-state index in [-0.39, 0.29) is 0 Å². The number of ether oxygens (including phenoxy) is 1. The van der Waals surface area contributed by atoms with E-state index in [0.29, 0.717) is 5.95 Å². The largest absolute Gasteiger partial charge is 0.496 e. The van der Waals surface area contributed by atoms with Gasteiger partial charge in [-0.2, -0.15) is 0 Å². The van der Waals surface area contributed by atoms with Crippen LogP contribution in [0.2, 0.25) is 0 Å². The zero-order valence-electron chi connectivity index (χ0n) is 11.1. The molecular formula is C14H13N3OS2. The lowest BCUT2D eigenvalue weighted by Gasteiger charge is -2.08. The first-order valence-corrected chi connectivity index (χ1v) is 7.75. The summed E-state index contributed by atoms with van der Waals surface area (Å²) in [6, 6.07) is 9.99. The first kappa shape index (κ1) is 13.2. The van der Waals surface area contributed by atoms with Crippen molar-refractivity contribution in [2.24, 2.45) is 0 Å². The van der Waals surface area contributed by atoms with Gasteiger partial charge in [0.25, 0.3) is 0 Å². The highest BCUT2D eigenvalue weighted by Crippen LogP contribution is 2.38. The van der Waals surface area contributed by atoms with Crippen molar-refractivity contribution in [3.8, 4) is 5.75 Å². The molecule has 0 amide bonds. The molecule has 0 aliphatic rings. The molecule has 3 rings (SSSR count). The topological polar surface area (TPSA) is 47.0 Å². The standard InChI is InChI=1S/C14H13N3OS2/c1-15-14-16-12-9(7-8-19-12)13(17-14)20-11-6-4-3-5-10(11)18-2/h3-8H,1-2H3,(H,15,16,17). The number of para-hydroxylation sites is 1. The zero-order chi connectivity index (χ0) is 13.9. The molecule has 4 nitrogen and oxygen atoms in total. The summed E-state index contributed by atoms with van der Waals surface area (Å²) in [6.45, 7) is 0. The van der Waals surface area contributed by atoms with Crippen LogP contribution in [0.3, 0.4) is 0 Å². The minimum absolute atomic E-state index is 0.636. The van der Waals surface area contributed by atoms with E-state index in [1.54, 1.807) is 30.2 Å². The van der Waals surface area contributed by atoms with Crippen LogP contribution < -0.4 is 10.1 Å². The Hall–Kier alpha value is -1.79. The van der Waals surface area contributed by atoms with E-state index in [4.69, 9.17) is 4.74 Å². The molecule has 20 heavy (non-hydrogen) atoms. The summed E-state index contributed by atoms with van der Waals surface area (Å²) < 4.78 is 5.39. The van der Waals surface area contributed by atoms with Gasteiger partial charge in [0, 0.05) is 12.4 Å². The number of nitrogens with one attached hydrogen (secondary N) is 1. The number of benzene rings is 1. The predicted octanol–water partition coefficient (Wildman–Crippen LogP) is 3.89. The van der Waals surface area contributed by atoms with Crippen molar-refractivity contribution >= 4 is 39.3 Å². The Morgan fingerprint density at radius 1 is 1.20 bits per heavy atom. The third-order valence-corrected chi connectivity index (χ3v) is 4.66. The molecule has 0 radical (unpaired) electrons. The number of aromatic nitrogens is 2. The molecule has 2 heterocycles. The number of anilines is 1. The molecule has 0 saturated carbocycles. The number of rotatable bonds is 4. The van der Waals surface area contributed by atoms with Gasteiger partial charge in [0.05, 0.1) is 12.0 Å². The maximum Gasteiger partial charge on any atom is 0.224 e. The van der Waals surface area contributed by atoms with Crippen LogP contribution in [0.25, 0.3) is 10.2 Å². The van der Waals surface area contributed by atoms with Crippen LogP contribution >= 0.6 is 23.1 Å². The Bertz CT molecular complexity index is 742. The van der Waals surface area contributed by atoms with Gasteiger partial charge in [-0.1, -0.05) is 23.9 Å². The second-order valence-electron chi connectivity index (χ2n) is 3.99. The molecule has 0 atom stereocenters. The molecule has 1 aromatic carbocycles. The molecule has 0 saturated heterocycles. The SMILES string of the molecule is CNc1nc(Sc2ccccc2OC)c2ccsc2n1. The minimum atomic E-state index is 0.636. The van der Waals surface area contributed by atoms with Gasteiger partial charge in [-0.3, -0.25) is 0 Å². The molecule has 0 fully saturated rings. The van der Waals surface area contributed by atoms with Gasteiger partial charge >= 0.3 is 0 Å². The van der Waals surface area contributed by atoms with Crippen LogP contribution in [-0.2, 0) is 0 Å². The third kappa shape index (κ3) is 2.44. The van der Waals surface area contributed by atoms with Crippen LogP contribution in [0, 0.1) is 0 Å². The highest BCUT2D eigenvalue weighted by atomic mass is 32.2. The Balaban J connectivity index is 2.07. The summed E-state index contributed by atoms with van der Waals surface area (Å²) in [6.07, 6.45) is 0. The van der Waals surface area contributed by atoms with Crippen molar-refractivity contribution < 1.29 is 4.74 Å². The molecule has 102 valence electrons. The fourth-order valence-electron chi connectivity index (χ4n) is 1.83. The van der Waals surface area contributed by atoms with Crippen LogP contribution in [0.4, 0.5) is 5.95 Å². The molecule has 6 heteroatoms. The summed E-state index contributed by atoms with van der Waals surface area (Å²) in [5.41, 5.74) is 0. The maximum atomic E-state index is 5.39. The van der Waals surface area contributed by atoms with Crippen molar-refractivity contribution in [2.75, 3.05) is 19.5 Å². The van der Waals surface area contributed by atoms with E-state index in [1.807, 2.05) is 36.7 Å². The number of thiophene rings is 1. The van der Waals surface area contributed by atoms with Crippen molar-refractivity contribution in [3.63, 3.8) is 0 Å². The summed E-state index contributed by atoms with van der Waals surface area (Å²) in [4.78, 5) is 11.0. The van der Waals surface area contributed by atoms with Gasteiger partial charge < -0.3 is 10.1 Å². The number of hydrogen-bond donors (Lipinski definition) is 1. The second kappa shape index (κ2) is 5.68. The Labute approximate surface area is 125 Å². The molecule has 0 bridgehead atoms. The van der Waals surface area contributed by atoms with Gasteiger partial charge in [-0.05, 0) is 23.6 Å². The van der Waals surface area contributed by atoms with Crippen molar-refractivity contribution in [1.82, 2.24) is 9.97 Å². The Morgan fingerprint density at radius 2 is 2.05 bits per heavy atom. The van der Waals surface area contributed by atoms with E-state index < -0.39 is 0 Å². The minimum Gasteiger partial charge on any atom is -0.496 e. The van der Waals surface area contributed by atoms with Gasteiger partial charge in [0.15, 0.2) is 0 Å². The van der Waals surface area contributed by atoms with Crippen molar-refractivity contribution in [3.05, 3.63) is 35.7 Å². The fourth-order valence-corrected chi connectivity index (χ4v) is 3.67. The van der Waals surface area contributed by atoms with Gasteiger partial charge in [0.1, 0.15) is 15.6 Å². The molecule has 0 spiro atoms. The van der Waals surface area contributed by atoms with Crippen LogP contribution in [0.5, 0.6) is 5.75 Å². The lowest BCUT2D eigenvalue weighted by Crippen LogP contribution is -1.97. The normalized spacial score (nSPS) is 10.7. The predicted molar refractivity (Wildman–Crippen MR) is 84.1 cm³/mol. The fraction of sp³-hybridized carbons (Fsp3) is 0.143. The lowest BCUT2D eigenvalue weighted by atomic mass is 10.3. The average Bonchev–Trinajstić information content (AvgIpc) is 2.96. The molecule has 2 aromatic heterocycles. The highest BCUT2D eigenvalue weighted by Gasteiger charge is 2.12. The molecular weight excluding hydrogens is 290 g/mol. The summed E-state index contributed by atoms with van der Waals surface area (Å²) in [7, 11) is 3.50. The van der Waals surface area contributed by atoms with Crippen molar-refractivity contribution in [2.45, 2.75) is 9.92 Å². The summed E-state index contributed by atoms with van der Waals surface area (Å²) in [5, 5.41) is 7.05. The molecule has 0 aliphatic heterocycles. The maximum absolute atomic E-state index is 5.39. The number of fused-ring (bicyclic) bond motifs is 1. The van der Waals surface area contributed by atoms with Crippen molar-refractivity contribution in [1.29, 1.82) is 0 Å². The summed E-state index contributed by atoms with van der Waals surface area (Å²) >= 11 is 3.21. The van der Waals surface area contributed by atoms with Gasteiger partial charge in [-0.15, -0.1) is 11.3 Å². The number of methoxy groups -OCH3 is 1. The quantitative estimate of drug-likeness (QED) is 0.741. The van der Waals surface area contributed by atoms with E-state index in [9.17, 15) is 0 Å². The Morgan fingerprint density at radius 3 is 2.85 bits per heavy atom.